The summed E-state index contributed by atoms with van der Waals surface area (Å²) < 4.78 is 13.2. The fraction of sp³-hybridized carbons (Fsp3) is 0.0769. The van der Waals surface area contributed by atoms with Crippen LogP contribution in [0.3, 0.4) is 0 Å². The topological polar surface area (TPSA) is 102 Å². The zero-order valence-electron chi connectivity index (χ0n) is 11.0. The smallest absolute Gasteiger partial charge is 0.269 e. The molecule has 0 unspecified atom stereocenters. The van der Waals surface area contributed by atoms with E-state index in [9.17, 15) is 19.3 Å². The summed E-state index contributed by atoms with van der Waals surface area (Å²) in [6, 6.07) is 6.36. The number of amides is 1. The number of rotatable bonds is 3. The number of hydrogen-bond donors (Lipinski definition) is 1. The van der Waals surface area contributed by atoms with Crippen LogP contribution in [0.5, 0.6) is 0 Å². The Morgan fingerprint density at radius 1 is 1.38 bits per heavy atom. The molecule has 1 aromatic carbocycles. The Bertz CT molecular complexity index is 703. The molecule has 108 valence electrons. The molecule has 1 heterocycles. The van der Waals surface area contributed by atoms with Crippen LogP contribution < -0.4 is 10.6 Å². The maximum atomic E-state index is 13.2. The Labute approximate surface area is 119 Å². The normalized spacial score (nSPS) is 10.2. The number of aromatic nitrogens is 1. The van der Waals surface area contributed by atoms with Crippen molar-refractivity contribution in [3.05, 3.63) is 58.0 Å². The molecule has 2 N–H and O–H groups in total. The molecule has 0 bridgehead atoms. The Morgan fingerprint density at radius 2 is 2.00 bits per heavy atom. The van der Waals surface area contributed by atoms with Gasteiger partial charge in [0.1, 0.15) is 11.6 Å². The SMILES string of the molecule is CN(C(=O)c1cc(F)cnc1N)c1ccc([N+](=O)[O-])cc1. The standard InChI is InChI=1S/C13H11FN4O3/c1-17(9-2-4-10(5-3-9)18(20)21)13(19)11-6-8(14)7-16-12(11)15/h2-7H,1H3,(H2,15,16). The summed E-state index contributed by atoms with van der Waals surface area (Å²) in [4.78, 5) is 27.1. The van der Waals surface area contributed by atoms with E-state index in [2.05, 4.69) is 4.98 Å². The van der Waals surface area contributed by atoms with E-state index >= 15 is 0 Å². The highest BCUT2D eigenvalue weighted by Gasteiger charge is 2.18. The lowest BCUT2D eigenvalue weighted by atomic mass is 10.2. The van der Waals surface area contributed by atoms with E-state index in [4.69, 9.17) is 5.73 Å². The third-order valence-corrected chi connectivity index (χ3v) is 2.87. The fourth-order valence-corrected chi connectivity index (χ4v) is 1.72. The first-order valence-corrected chi connectivity index (χ1v) is 5.83. The van der Waals surface area contributed by atoms with Crippen molar-refractivity contribution in [3.8, 4) is 0 Å². The molecule has 0 spiro atoms. The zero-order valence-corrected chi connectivity index (χ0v) is 11.0. The zero-order chi connectivity index (χ0) is 15.6. The fourth-order valence-electron chi connectivity index (χ4n) is 1.72. The quantitative estimate of drug-likeness (QED) is 0.687. The first-order valence-electron chi connectivity index (χ1n) is 5.83. The Kier molecular flexibility index (Phi) is 3.79. The van der Waals surface area contributed by atoms with E-state index < -0.39 is 16.6 Å². The molecular weight excluding hydrogens is 279 g/mol. The van der Waals surface area contributed by atoms with Gasteiger partial charge in [0.15, 0.2) is 0 Å². The molecule has 0 radical (unpaired) electrons. The minimum atomic E-state index is -0.676. The molecule has 0 saturated carbocycles. The minimum Gasteiger partial charge on any atom is -0.383 e. The maximum Gasteiger partial charge on any atom is 0.269 e. The highest BCUT2D eigenvalue weighted by molar-refractivity contribution is 6.08. The third-order valence-electron chi connectivity index (χ3n) is 2.87. The number of nitrogens with two attached hydrogens (primary N) is 1. The number of nitro benzene ring substituents is 1. The summed E-state index contributed by atoms with van der Waals surface area (Å²) in [5, 5.41) is 10.6. The summed E-state index contributed by atoms with van der Waals surface area (Å²) in [6.45, 7) is 0. The van der Waals surface area contributed by atoms with Gasteiger partial charge < -0.3 is 10.6 Å². The second kappa shape index (κ2) is 5.53. The maximum absolute atomic E-state index is 13.2. The molecule has 0 saturated heterocycles. The number of carbonyl (C=O) groups is 1. The number of non-ortho nitro benzene ring substituents is 1. The van der Waals surface area contributed by atoms with Crippen LogP contribution >= 0.6 is 0 Å². The molecule has 1 amide bonds. The molecule has 7 nitrogen and oxygen atoms in total. The number of nitro groups is 1. The highest BCUT2D eigenvalue weighted by Crippen LogP contribution is 2.21. The molecule has 0 aliphatic carbocycles. The number of hydrogen-bond acceptors (Lipinski definition) is 5. The summed E-state index contributed by atoms with van der Waals surface area (Å²) in [5.74, 6) is -1.33. The van der Waals surface area contributed by atoms with Crippen LogP contribution in [0.25, 0.3) is 0 Å². The molecule has 2 aromatic rings. The molecule has 1 aromatic heterocycles. The van der Waals surface area contributed by atoms with E-state index in [1.165, 1.54) is 36.2 Å². The summed E-state index contributed by atoms with van der Waals surface area (Å²) in [7, 11) is 1.45. The predicted molar refractivity (Wildman–Crippen MR) is 74.4 cm³/mol. The molecule has 0 aliphatic rings. The van der Waals surface area contributed by atoms with Crippen molar-refractivity contribution < 1.29 is 14.1 Å². The lowest BCUT2D eigenvalue weighted by molar-refractivity contribution is -0.384. The van der Waals surface area contributed by atoms with Gasteiger partial charge in [-0.1, -0.05) is 0 Å². The van der Waals surface area contributed by atoms with Gasteiger partial charge in [-0.15, -0.1) is 0 Å². The van der Waals surface area contributed by atoms with Crippen LogP contribution in [0, 0.1) is 15.9 Å². The lowest BCUT2D eigenvalue weighted by Crippen LogP contribution is -2.27. The number of nitrogen functional groups attached to an aromatic ring is 1. The van der Waals surface area contributed by atoms with Crippen molar-refractivity contribution in [2.75, 3.05) is 17.7 Å². The lowest BCUT2D eigenvalue weighted by Gasteiger charge is -2.17. The van der Waals surface area contributed by atoms with Gasteiger partial charge in [-0.25, -0.2) is 9.37 Å². The van der Waals surface area contributed by atoms with Crippen LogP contribution in [0.1, 0.15) is 10.4 Å². The van der Waals surface area contributed by atoms with Crippen molar-refractivity contribution in [3.63, 3.8) is 0 Å². The van der Waals surface area contributed by atoms with Gasteiger partial charge in [-0.05, 0) is 18.2 Å². The molecule has 8 heteroatoms. The van der Waals surface area contributed by atoms with Crippen LogP contribution in [0.4, 0.5) is 21.6 Å². The predicted octanol–water partition coefficient (Wildman–Crippen LogP) is 1.99. The summed E-state index contributed by atoms with van der Waals surface area (Å²) in [5.41, 5.74) is 5.80. The number of nitrogens with zero attached hydrogens (tertiary/aromatic N) is 3. The van der Waals surface area contributed by atoms with Gasteiger partial charge in [0.2, 0.25) is 0 Å². The van der Waals surface area contributed by atoms with Crippen molar-refractivity contribution >= 4 is 23.1 Å². The number of pyridine rings is 1. The van der Waals surface area contributed by atoms with Gasteiger partial charge in [-0.2, -0.15) is 0 Å². The molecule has 21 heavy (non-hydrogen) atoms. The van der Waals surface area contributed by atoms with Crippen molar-refractivity contribution in [1.82, 2.24) is 4.98 Å². The molecule has 0 atom stereocenters. The van der Waals surface area contributed by atoms with Crippen molar-refractivity contribution in [1.29, 1.82) is 0 Å². The Morgan fingerprint density at radius 3 is 2.57 bits per heavy atom. The van der Waals surface area contributed by atoms with E-state index in [1.807, 2.05) is 0 Å². The van der Waals surface area contributed by atoms with Crippen molar-refractivity contribution in [2.24, 2.45) is 0 Å². The summed E-state index contributed by atoms with van der Waals surface area (Å²) >= 11 is 0. The second-order valence-corrected chi connectivity index (χ2v) is 4.22. The van der Waals surface area contributed by atoms with Gasteiger partial charge in [0, 0.05) is 24.9 Å². The summed E-state index contributed by atoms with van der Waals surface area (Å²) in [6.07, 6.45) is 0.915. The van der Waals surface area contributed by atoms with E-state index in [0.717, 1.165) is 12.3 Å². The molecular formula is C13H11FN4O3. The van der Waals surface area contributed by atoms with Crippen LogP contribution in [-0.2, 0) is 0 Å². The number of benzene rings is 1. The first-order chi connectivity index (χ1) is 9.90. The largest absolute Gasteiger partial charge is 0.383 e. The van der Waals surface area contributed by atoms with E-state index in [1.54, 1.807) is 0 Å². The van der Waals surface area contributed by atoms with Crippen LogP contribution in [0.15, 0.2) is 36.5 Å². The highest BCUT2D eigenvalue weighted by atomic mass is 19.1. The van der Waals surface area contributed by atoms with Gasteiger partial charge >= 0.3 is 0 Å². The molecule has 0 fully saturated rings. The average Bonchev–Trinajstić information content (AvgIpc) is 2.48. The first kappa shape index (κ1) is 14.4. The van der Waals surface area contributed by atoms with Gasteiger partial charge in [-0.3, -0.25) is 14.9 Å². The minimum absolute atomic E-state index is 0.0733. The van der Waals surface area contributed by atoms with Crippen LogP contribution in [0.2, 0.25) is 0 Å². The number of carbonyl (C=O) groups excluding carboxylic acids is 1. The molecule has 2 rings (SSSR count). The van der Waals surface area contributed by atoms with Gasteiger partial charge in [0.05, 0.1) is 16.7 Å². The van der Waals surface area contributed by atoms with E-state index in [-0.39, 0.29) is 17.1 Å². The van der Waals surface area contributed by atoms with E-state index in [0.29, 0.717) is 5.69 Å². The Balaban J connectivity index is 2.30. The number of halogens is 1. The van der Waals surface area contributed by atoms with Crippen molar-refractivity contribution in [2.45, 2.75) is 0 Å². The Hall–Kier alpha value is -3.03. The third kappa shape index (κ3) is 2.94. The number of anilines is 2. The molecule has 0 aliphatic heterocycles. The average molecular weight is 290 g/mol. The second-order valence-electron chi connectivity index (χ2n) is 4.22. The van der Waals surface area contributed by atoms with Crippen LogP contribution in [-0.4, -0.2) is 22.9 Å². The monoisotopic (exact) mass is 290 g/mol. The van der Waals surface area contributed by atoms with Gasteiger partial charge in [0.25, 0.3) is 11.6 Å².